The molecule has 3 heterocycles. The Kier molecular flexibility index (Phi) is 6.57. The van der Waals surface area contributed by atoms with Gasteiger partial charge in [-0.25, -0.2) is 4.98 Å². The van der Waals surface area contributed by atoms with Crippen LogP contribution in [0.4, 0.5) is 0 Å². The lowest BCUT2D eigenvalue weighted by Gasteiger charge is -2.44. The standard InChI is InChI=1S/C54H51N3OSi/c1-38(2)33-35-54(36-34-39(3)4)44-25-11-16-31-50(44)58-52-45(54)26-18-32-51(52)59(41-20-7-5-8-21-41,42-22-9-6-10-23-42)43-24-17-19-40(37-43)56-48-29-14-15-30-49(48)57-47-28-13-12-27-46(47)55-53(56)57/h5-32,37-39H,33-36H2,1-4H3/i1D3,3D3,35D2,36D2,38D,39D. The summed E-state index contributed by atoms with van der Waals surface area (Å²) < 4.78 is 121. The molecular formula is C54H51N3OSi. The summed E-state index contributed by atoms with van der Waals surface area (Å²) in [5, 5.41) is 3.31. The number of rotatable bonds is 11. The fourth-order valence-corrected chi connectivity index (χ4v) is 14.1. The van der Waals surface area contributed by atoms with Gasteiger partial charge in [0.25, 0.3) is 0 Å². The van der Waals surface area contributed by atoms with E-state index >= 15 is 0 Å². The molecule has 2 unspecified atom stereocenters. The Labute approximate surface area is 365 Å². The first-order valence-corrected chi connectivity index (χ1v) is 22.0. The number of fused-ring (bicyclic) bond motifs is 7. The van der Waals surface area contributed by atoms with Crippen LogP contribution in [0.5, 0.6) is 11.5 Å². The summed E-state index contributed by atoms with van der Waals surface area (Å²) in [5.41, 5.74) is 1.93. The SMILES string of the molecule is [2H]C([2H])([2H])C([2H])(C)CC([2H])([2H])C1(C([2H])([2H])CC([2H])(C)C([2H])([2H])[2H])c2ccccc2Oc2c1cccc2[Si](c1ccccc1)(c1ccccc1)c1cccc(-n2c3ccccc3n3c4ccccc4nc23)c1. The first kappa shape index (κ1) is 26.0. The summed E-state index contributed by atoms with van der Waals surface area (Å²) in [5.74, 6) is -4.01. The second kappa shape index (κ2) is 14.9. The van der Waals surface area contributed by atoms with Crippen molar-refractivity contribution >= 4 is 56.7 Å². The quantitative estimate of drug-likeness (QED) is 0.0964. The highest BCUT2D eigenvalue weighted by atomic mass is 28.3. The van der Waals surface area contributed by atoms with Crippen LogP contribution in [0.25, 0.3) is 33.5 Å². The smallest absolute Gasteiger partial charge is 0.220 e. The molecule has 0 amide bonds. The molecule has 0 fully saturated rings. The van der Waals surface area contributed by atoms with Crippen molar-refractivity contribution in [3.05, 3.63) is 187 Å². The molecule has 2 atom stereocenters. The second-order valence-electron chi connectivity index (χ2n) is 15.4. The van der Waals surface area contributed by atoms with Crippen molar-refractivity contribution < 1.29 is 21.2 Å². The van der Waals surface area contributed by atoms with E-state index in [0.29, 0.717) is 11.0 Å². The maximum atomic E-state index is 10.3. The van der Waals surface area contributed by atoms with Gasteiger partial charge in [-0.2, -0.15) is 0 Å². The van der Waals surface area contributed by atoms with Gasteiger partial charge < -0.3 is 4.74 Å². The predicted octanol–water partition coefficient (Wildman–Crippen LogP) is 11.1. The first-order chi connectivity index (χ1) is 33.5. The average Bonchev–Trinajstić information content (AvgIpc) is 3.85. The molecule has 1 aliphatic heterocycles. The van der Waals surface area contributed by atoms with Gasteiger partial charge >= 0.3 is 0 Å². The van der Waals surface area contributed by atoms with Crippen LogP contribution in [0.2, 0.25) is 0 Å². The molecule has 0 saturated heterocycles. The highest BCUT2D eigenvalue weighted by Crippen LogP contribution is 2.53. The van der Waals surface area contributed by atoms with Gasteiger partial charge in [0.05, 0.1) is 22.1 Å². The molecule has 0 radical (unpaired) electrons. The van der Waals surface area contributed by atoms with Gasteiger partial charge in [0, 0.05) is 38.7 Å². The van der Waals surface area contributed by atoms with E-state index < -0.39 is 64.6 Å². The van der Waals surface area contributed by atoms with Crippen LogP contribution in [-0.2, 0) is 5.41 Å². The van der Waals surface area contributed by atoms with Crippen LogP contribution in [0, 0.1) is 11.8 Å². The van der Waals surface area contributed by atoms with E-state index in [1.54, 1.807) is 30.3 Å². The molecule has 292 valence electrons. The minimum absolute atomic E-state index is 0.00612. The van der Waals surface area contributed by atoms with E-state index in [1.165, 1.54) is 6.07 Å². The molecule has 59 heavy (non-hydrogen) atoms. The Morgan fingerprint density at radius 2 is 1.20 bits per heavy atom. The van der Waals surface area contributed by atoms with Crippen LogP contribution in [0.15, 0.2) is 176 Å². The molecule has 0 saturated carbocycles. The Morgan fingerprint density at radius 1 is 0.627 bits per heavy atom. The lowest BCUT2D eigenvalue weighted by Crippen LogP contribution is -2.75. The van der Waals surface area contributed by atoms with Crippen molar-refractivity contribution in [3.63, 3.8) is 0 Å². The summed E-state index contributed by atoms with van der Waals surface area (Å²) in [4.78, 5) is 5.17. The molecule has 0 N–H and O–H groups in total. The summed E-state index contributed by atoms with van der Waals surface area (Å²) in [6.07, 6.45) is -7.92. The zero-order valence-corrected chi connectivity index (χ0v) is 33.9. The number of hydrogen-bond acceptors (Lipinski definition) is 2. The van der Waals surface area contributed by atoms with Gasteiger partial charge in [-0.3, -0.25) is 8.97 Å². The van der Waals surface area contributed by atoms with E-state index in [2.05, 4.69) is 57.5 Å². The Hall–Kier alpha value is -6.17. The first-order valence-electron chi connectivity index (χ1n) is 26.0. The number of aromatic nitrogens is 3. The predicted molar refractivity (Wildman–Crippen MR) is 249 cm³/mol. The third kappa shape index (κ3) is 5.97. The van der Waals surface area contributed by atoms with Crippen molar-refractivity contribution in [2.75, 3.05) is 0 Å². The molecule has 1 aliphatic rings. The van der Waals surface area contributed by atoms with E-state index in [-0.39, 0.29) is 22.6 Å². The van der Waals surface area contributed by atoms with Crippen LogP contribution in [0.3, 0.4) is 0 Å². The van der Waals surface area contributed by atoms with E-state index in [0.717, 1.165) is 57.2 Å². The van der Waals surface area contributed by atoms with Gasteiger partial charge in [0.15, 0.2) is 8.07 Å². The largest absolute Gasteiger partial charge is 0.457 e. The molecular weight excluding hydrogens is 735 g/mol. The molecule has 2 aromatic heterocycles. The molecule has 7 aromatic carbocycles. The number of hydrogen-bond donors (Lipinski definition) is 0. The Balaban J connectivity index is 1.34. The fraction of sp³-hybridized carbons (Fsp3) is 0.204. The maximum absolute atomic E-state index is 10.3. The Morgan fingerprint density at radius 3 is 1.92 bits per heavy atom. The number of nitrogens with zero attached hydrogens (tertiary/aromatic N) is 3. The molecule has 9 aromatic rings. The zero-order valence-electron chi connectivity index (χ0n) is 44.9. The molecule has 0 spiro atoms. The van der Waals surface area contributed by atoms with E-state index in [9.17, 15) is 8.22 Å². The van der Waals surface area contributed by atoms with E-state index in [1.807, 2.05) is 91.0 Å². The van der Waals surface area contributed by atoms with Gasteiger partial charge in [-0.15, -0.1) is 0 Å². The van der Waals surface area contributed by atoms with Gasteiger partial charge in [-0.1, -0.05) is 161 Å². The summed E-state index contributed by atoms with van der Waals surface area (Å²) in [7, 11) is -3.81. The van der Waals surface area contributed by atoms with Crippen molar-refractivity contribution in [3.8, 4) is 17.2 Å². The van der Waals surface area contributed by atoms with Crippen molar-refractivity contribution in [2.24, 2.45) is 11.8 Å². The van der Waals surface area contributed by atoms with Crippen molar-refractivity contribution in [1.29, 1.82) is 0 Å². The molecule has 0 aliphatic carbocycles. The van der Waals surface area contributed by atoms with Crippen LogP contribution < -0.4 is 25.5 Å². The van der Waals surface area contributed by atoms with E-state index in [4.69, 9.17) is 17.9 Å². The zero-order chi connectivity index (χ0) is 50.6. The summed E-state index contributed by atoms with van der Waals surface area (Å²) in [6.45, 7) is -3.80. The molecule has 4 nitrogen and oxygen atoms in total. The second-order valence-corrected chi connectivity index (χ2v) is 19.2. The third-order valence-electron chi connectivity index (χ3n) is 11.6. The highest BCUT2D eigenvalue weighted by molar-refractivity contribution is 7.20. The van der Waals surface area contributed by atoms with Crippen LogP contribution >= 0.6 is 0 Å². The normalized spacial score (nSPS) is 21.1. The minimum atomic E-state index is -3.81. The molecule has 0 bridgehead atoms. The van der Waals surface area contributed by atoms with Crippen LogP contribution in [0.1, 0.15) is 80.7 Å². The summed E-state index contributed by atoms with van der Waals surface area (Å²) in [6, 6.07) is 56.0. The van der Waals surface area contributed by atoms with Crippen molar-refractivity contribution in [2.45, 2.75) is 58.6 Å². The van der Waals surface area contributed by atoms with Crippen molar-refractivity contribution in [1.82, 2.24) is 14.0 Å². The fourth-order valence-electron chi connectivity index (χ4n) is 9.16. The monoisotopic (exact) mass is 797 g/mol. The topological polar surface area (TPSA) is 31.5 Å². The Bertz CT molecular complexity index is 3390. The number of ether oxygens (including phenoxy) is 1. The summed E-state index contributed by atoms with van der Waals surface area (Å²) >= 11 is 0. The number of para-hydroxylation sites is 6. The third-order valence-corrected chi connectivity index (χ3v) is 16.4. The van der Waals surface area contributed by atoms with Crippen LogP contribution in [-0.4, -0.2) is 22.0 Å². The van der Waals surface area contributed by atoms with Gasteiger partial charge in [0.2, 0.25) is 5.78 Å². The lowest BCUT2D eigenvalue weighted by atomic mass is 9.65. The minimum Gasteiger partial charge on any atom is -0.457 e. The molecule has 5 heteroatoms. The lowest BCUT2D eigenvalue weighted by molar-refractivity contribution is 0.318. The number of benzene rings is 7. The highest BCUT2D eigenvalue weighted by Gasteiger charge is 2.49. The van der Waals surface area contributed by atoms with Gasteiger partial charge in [0.1, 0.15) is 11.5 Å². The maximum Gasteiger partial charge on any atom is 0.220 e. The number of imidazole rings is 2. The molecule has 10 rings (SSSR count). The average molecular weight is 798 g/mol. The van der Waals surface area contributed by atoms with Gasteiger partial charge in [-0.05, 0) is 101 Å².